The highest BCUT2D eigenvalue weighted by Crippen LogP contribution is 2.26. The van der Waals surface area contributed by atoms with Gasteiger partial charge in [-0.3, -0.25) is 0 Å². The highest BCUT2D eigenvalue weighted by Gasteiger charge is 2.22. The van der Waals surface area contributed by atoms with Gasteiger partial charge in [0.1, 0.15) is 5.82 Å². The van der Waals surface area contributed by atoms with Crippen LogP contribution in [0.1, 0.15) is 17.5 Å². The Morgan fingerprint density at radius 3 is 2.68 bits per heavy atom. The van der Waals surface area contributed by atoms with Gasteiger partial charge in [-0.1, -0.05) is 12.1 Å². The number of amides is 2. The first kappa shape index (κ1) is 21.9. The van der Waals surface area contributed by atoms with Gasteiger partial charge in [0.25, 0.3) is 0 Å². The molecule has 1 saturated heterocycles. The molecule has 9 nitrogen and oxygen atoms in total. The molecule has 6 rings (SSSR count). The van der Waals surface area contributed by atoms with Gasteiger partial charge in [-0.05, 0) is 43.5 Å². The van der Waals surface area contributed by atoms with Crippen molar-refractivity contribution < 1.29 is 9.18 Å². The van der Waals surface area contributed by atoms with E-state index in [-0.39, 0.29) is 17.7 Å². The van der Waals surface area contributed by atoms with Gasteiger partial charge >= 0.3 is 6.03 Å². The quantitative estimate of drug-likeness (QED) is 0.439. The third-order valence-corrected chi connectivity index (χ3v) is 6.08. The van der Waals surface area contributed by atoms with Gasteiger partial charge in [0.15, 0.2) is 0 Å². The minimum Gasteiger partial charge on any atom is -0.367 e. The molecule has 10 heteroatoms. The third kappa shape index (κ3) is 4.85. The molecule has 0 unspecified atom stereocenters. The molecule has 34 heavy (non-hydrogen) atoms. The summed E-state index contributed by atoms with van der Waals surface area (Å²) in [6, 6.07) is 9.76. The summed E-state index contributed by atoms with van der Waals surface area (Å²) in [4.78, 5) is 29.3. The maximum atomic E-state index is 14.5. The van der Waals surface area contributed by atoms with E-state index in [1.54, 1.807) is 12.3 Å². The Labute approximate surface area is 197 Å². The molecule has 0 aliphatic carbocycles. The Morgan fingerprint density at radius 2 is 1.82 bits per heavy atom. The minimum atomic E-state index is -0.629. The fraction of sp³-hybridized carbons (Fsp3) is 0.333. The Hall–Kier alpha value is -3.95. The number of carbonyl (C=O) groups is 1. The molecule has 3 aliphatic heterocycles. The number of nitrogens with zero attached hydrogens (tertiary/aromatic N) is 5. The summed E-state index contributed by atoms with van der Waals surface area (Å²) in [7, 11) is 0. The monoisotopic (exact) mass is 462 g/mol. The summed E-state index contributed by atoms with van der Waals surface area (Å²) in [5, 5.41) is 9.34. The summed E-state index contributed by atoms with van der Waals surface area (Å²) in [5.74, 6) is 0.283. The van der Waals surface area contributed by atoms with Gasteiger partial charge in [-0.2, -0.15) is 9.37 Å². The Kier molecular flexibility index (Phi) is 6.11. The molecule has 1 fully saturated rings. The van der Waals surface area contributed by atoms with Crippen LogP contribution in [-0.4, -0.2) is 58.6 Å². The zero-order valence-corrected chi connectivity index (χ0v) is 19.0. The van der Waals surface area contributed by atoms with Gasteiger partial charge in [0.2, 0.25) is 11.9 Å². The van der Waals surface area contributed by atoms with E-state index in [4.69, 9.17) is 0 Å². The van der Waals surface area contributed by atoms with Crippen LogP contribution in [0, 0.1) is 12.9 Å². The summed E-state index contributed by atoms with van der Waals surface area (Å²) in [6.45, 7) is 4.99. The third-order valence-electron chi connectivity index (χ3n) is 6.08. The van der Waals surface area contributed by atoms with Gasteiger partial charge in [-0.25, -0.2) is 14.8 Å². The molecule has 3 aromatic rings. The molecule has 5 heterocycles. The molecule has 0 atom stereocenters. The van der Waals surface area contributed by atoms with Gasteiger partial charge in [0.05, 0.1) is 17.6 Å². The average molecular weight is 463 g/mol. The molecule has 8 bridgehead atoms. The summed E-state index contributed by atoms with van der Waals surface area (Å²) < 4.78 is 14.5. The van der Waals surface area contributed by atoms with Crippen LogP contribution in [0.25, 0.3) is 0 Å². The predicted octanol–water partition coefficient (Wildman–Crippen LogP) is 3.58. The zero-order valence-electron chi connectivity index (χ0n) is 19.0. The predicted molar refractivity (Wildman–Crippen MR) is 129 cm³/mol. The molecule has 0 spiro atoms. The molecular weight excluding hydrogens is 435 g/mol. The van der Waals surface area contributed by atoms with E-state index in [1.165, 1.54) is 6.20 Å². The van der Waals surface area contributed by atoms with Crippen molar-refractivity contribution in [2.45, 2.75) is 19.8 Å². The summed E-state index contributed by atoms with van der Waals surface area (Å²) in [5.41, 5.74) is 3.91. The number of anilines is 5. The molecular formula is C24H27FN8O. The number of hydrogen-bond acceptors (Lipinski definition) is 7. The van der Waals surface area contributed by atoms with Crippen molar-refractivity contribution in [3.63, 3.8) is 0 Å². The fourth-order valence-corrected chi connectivity index (χ4v) is 4.16. The van der Waals surface area contributed by atoms with E-state index in [0.717, 1.165) is 35.3 Å². The largest absolute Gasteiger partial charge is 0.367 e. The SMILES string of the molecule is Cc1cnc2nc1Nc1cccc(c1)CCCNC(=O)N1CCN(CC1)c1cnc(F)c(c1)N2. The number of nitrogens with one attached hydrogen (secondary N) is 3. The topological polar surface area (TPSA) is 98.3 Å². The molecule has 2 aromatic heterocycles. The lowest BCUT2D eigenvalue weighted by atomic mass is 10.1. The number of halogens is 1. The maximum absolute atomic E-state index is 14.5. The Morgan fingerprint density at radius 1 is 1.00 bits per heavy atom. The average Bonchev–Trinajstić information content (AvgIpc) is 2.85. The van der Waals surface area contributed by atoms with Crippen LogP contribution in [0.2, 0.25) is 0 Å². The normalized spacial score (nSPS) is 16.4. The van der Waals surface area contributed by atoms with Gasteiger partial charge in [0, 0.05) is 50.2 Å². The highest BCUT2D eigenvalue weighted by atomic mass is 19.1. The fourth-order valence-electron chi connectivity index (χ4n) is 4.16. The van der Waals surface area contributed by atoms with Crippen molar-refractivity contribution in [3.8, 4) is 0 Å². The first-order chi connectivity index (χ1) is 16.5. The van der Waals surface area contributed by atoms with Crippen LogP contribution >= 0.6 is 0 Å². The first-order valence-corrected chi connectivity index (χ1v) is 11.4. The molecule has 0 radical (unpaired) electrons. The number of fused-ring (bicyclic) bond motifs is 6. The second-order valence-corrected chi connectivity index (χ2v) is 8.52. The Balaban J connectivity index is 1.47. The lowest BCUT2D eigenvalue weighted by molar-refractivity contribution is 0.194. The first-order valence-electron chi connectivity index (χ1n) is 11.4. The standard InChI is InChI=1S/C24H27FN8O/c1-16-14-28-23-30-20-13-19(15-27-21(20)25)32-8-10-33(11-9-32)24(34)26-7-3-5-17-4-2-6-18(12-17)29-22(16)31-23/h2,4,6,12-15H,3,5,7-11H2,1H3,(H,26,34)(H2,28,29,30,31). The van der Waals surface area contributed by atoms with Crippen molar-refractivity contribution >= 4 is 34.9 Å². The number of urea groups is 1. The number of aromatic nitrogens is 3. The van der Waals surface area contributed by atoms with Crippen LogP contribution in [-0.2, 0) is 6.42 Å². The van der Waals surface area contributed by atoms with Crippen LogP contribution in [0.4, 0.5) is 38.0 Å². The van der Waals surface area contributed by atoms with E-state index in [9.17, 15) is 9.18 Å². The molecule has 176 valence electrons. The van der Waals surface area contributed by atoms with Crippen molar-refractivity contribution in [2.24, 2.45) is 0 Å². The van der Waals surface area contributed by atoms with Crippen LogP contribution in [0.3, 0.4) is 0 Å². The molecule has 3 N–H and O–H groups in total. The smallest absolute Gasteiger partial charge is 0.317 e. The van der Waals surface area contributed by atoms with Crippen molar-refractivity contribution in [1.29, 1.82) is 0 Å². The van der Waals surface area contributed by atoms with E-state index >= 15 is 0 Å². The van der Waals surface area contributed by atoms with E-state index in [2.05, 4.69) is 47.9 Å². The number of carbonyl (C=O) groups excluding carboxylic acids is 1. The Bertz CT molecular complexity index is 1200. The van der Waals surface area contributed by atoms with Crippen molar-refractivity contribution in [1.82, 2.24) is 25.2 Å². The number of benzene rings is 1. The van der Waals surface area contributed by atoms with Crippen LogP contribution in [0.15, 0.2) is 42.7 Å². The number of pyridine rings is 1. The number of rotatable bonds is 0. The number of aryl methyl sites for hydroxylation is 2. The van der Waals surface area contributed by atoms with Crippen molar-refractivity contribution in [3.05, 3.63) is 59.8 Å². The highest BCUT2D eigenvalue weighted by molar-refractivity contribution is 5.74. The maximum Gasteiger partial charge on any atom is 0.317 e. The van der Waals surface area contributed by atoms with Crippen molar-refractivity contribution in [2.75, 3.05) is 48.3 Å². The summed E-state index contributed by atoms with van der Waals surface area (Å²) >= 11 is 0. The molecule has 2 amide bonds. The lowest BCUT2D eigenvalue weighted by Crippen LogP contribution is -2.52. The second kappa shape index (κ2) is 9.50. The van der Waals surface area contributed by atoms with Gasteiger partial charge < -0.3 is 25.8 Å². The van der Waals surface area contributed by atoms with Crippen LogP contribution in [0.5, 0.6) is 0 Å². The summed E-state index contributed by atoms with van der Waals surface area (Å²) in [6.07, 6.45) is 4.91. The lowest BCUT2D eigenvalue weighted by Gasteiger charge is -2.36. The van der Waals surface area contributed by atoms with E-state index < -0.39 is 5.95 Å². The minimum absolute atomic E-state index is 0.0461. The van der Waals surface area contributed by atoms with Gasteiger partial charge in [-0.15, -0.1) is 0 Å². The molecule has 0 saturated carbocycles. The number of hydrogen-bond donors (Lipinski definition) is 3. The molecule has 3 aliphatic rings. The van der Waals surface area contributed by atoms with E-state index in [1.807, 2.05) is 24.0 Å². The van der Waals surface area contributed by atoms with E-state index in [0.29, 0.717) is 38.5 Å². The van der Waals surface area contributed by atoms with Crippen LogP contribution < -0.4 is 20.9 Å². The molecule has 1 aromatic carbocycles. The number of piperazine rings is 1. The second-order valence-electron chi connectivity index (χ2n) is 8.52. The zero-order chi connectivity index (χ0) is 23.5.